The van der Waals surface area contributed by atoms with E-state index in [9.17, 15) is 9.59 Å². The van der Waals surface area contributed by atoms with Gasteiger partial charge in [-0.2, -0.15) is 0 Å². The van der Waals surface area contributed by atoms with Gasteiger partial charge in [0.2, 0.25) is 11.8 Å². The van der Waals surface area contributed by atoms with E-state index < -0.39 is 11.8 Å². The first kappa shape index (κ1) is 19.3. The van der Waals surface area contributed by atoms with Gasteiger partial charge >= 0.3 is 0 Å². The second-order valence-electron chi connectivity index (χ2n) is 7.99. The molecule has 4 heteroatoms. The van der Waals surface area contributed by atoms with Crippen molar-refractivity contribution in [3.8, 4) is 5.75 Å². The zero-order valence-electron chi connectivity index (χ0n) is 17.2. The average molecular weight is 409 g/mol. The van der Waals surface area contributed by atoms with Gasteiger partial charge in [-0.15, -0.1) is 0 Å². The van der Waals surface area contributed by atoms with E-state index in [4.69, 9.17) is 4.74 Å². The maximum Gasteiger partial charge on any atom is 0.238 e. The maximum atomic E-state index is 13.8. The highest BCUT2D eigenvalue weighted by atomic mass is 16.5. The van der Waals surface area contributed by atoms with Crippen LogP contribution in [0.25, 0.3) is 0 Å². The van der Waals surface area contributed by atoms with Crippen molar-refractivity contribution in [2.24, 2.45) is 11.8 Å². The summed E-state index contributed by atoms with van der Waals surface area (Å²) in [5.41, 5.74) is 2.60. The molecule has 154 valence electrons. The third-order valence-corrected chi connectivity index (χ3v) is 6.39. The number of hydrogen-bond donors (Lipinski definition) is 0. The minimum Gasteiger partial charge on any atom is -0.495 e. The Morgan fingerprint density at radius 2 is 1.10 bits per heavy atom. The molecule has 1 fully saturated rings. The number of benzene rings is 3. The van der Waals surface area contributed by atoms with Gasteiger partial charge in [-0.1, -0.05) is 84.9 Å². The van der Waals surface area contributed by atoms with Crippen LogP contribution in [0.15, 0.2) is 97.1 Å². The second kappa shape index (κ2) is 7.88. The van der Waals surface area contributed by atoms with Gasteiger partial charge in [0, 0.05) is 11.8 Å². The van der Waals surface area contributed by atoms with E-state index in [1.807, 2.05) is 72.8 Å². The number of hydrogen-bond acceptors (Lipinski definition) is 3. The highest BCUT2D eigenvalue weighted by molar-refractivity contribution is 6.23. The van der Waals surface area contributed by atoms with Crippen molar-refractivity contribution in [1.82, 2.24) is 0 Å². The zero-order chi connectivity index (χ0) is 21.4. The Kier molecular flexibility index (Phi) is 4.91. The minimum atomic E-state index is -0.463. The largest absolute Gasteiger partial charge is 0.495 e. The lowest BCUT2D eigenvalue weighted by Crippen LogP contribution is -2.32. The molecule has 0 radical (unpaired) electrons. The van der Waals surface area contributed by atoms with E-state index >= 15 is 0 Å². The van der Waals surface area contributed by atoms with Crippen LogP contribution in [0, 0.1) is 11.8 Å². The number of amides is 2. The fourth-order valence-electron chi connectivity index (χ4n) is 4.99. The zero-order valence-corrected chi connectivity index (χ0v) is 17.2. The van der Waals surface area contributed by atoms with Crippen LogP contribution in [-0.4, -0.2) is 18.9 Å². The van der Waals surface area contributed by atoms with Gasteiger partial charge in [0.05, 0.1) is 24.6 Å². The molecule has 0 bridgehead atoms. The van der Waals surface area contributed by atoms with Crippen molar-refractivity contribution in [3.05, 3.63) is 108 Å². The van der Waals surface area contributed by atoms with Crippen LogP contribution in [0.4, 0.5) is 5.69 Å². The van der Waals surface area contributed by atoms with Gasteiger partial charge in [0.15, 0.2) is 0 Å². The molecule has 31 heavy (non-hydrogen) atoms. The van der Waals surface area contributed by atoms with Gasteiger partial charge in [-0.3, -0.25) is 9.59 Å². The summed E-state index contributed by atoms with van der Waals surface area (Å²) in [6, 6.07) is 27.1. The molecule has 3 aromatic rings. The number of fused-ring (bicyclic) bond motifs is 1. The van der Waals surface area contributed by atoms with E-state index in [2.05, 4.69) is 12.2 Å². The van der Waals surface area contributed by atoms with Gasteiger partial charge in [-0.05, 0) is 23.3 Å². The summed E-state index contributed by atoms with van der Waals surface area (Å²) >= 11 is 0. The summed E-state index contributed by atoms with van der Waals surface area (Å²) in [6.07, 6.45) is 4.20. The Morgan fingerprint density at radius 3 is 1.58 bits per heavy atom. The molecular formula is C27H23NO3. The molecule has 3 aromatic carbocycles. The summed E-state index contributed by atoms with van der Waals surface area (Å²) in [7, 11) is 1.55. The topological polar surface area (TPSA) is 46.6 Å². The number of ether oxygens (including phenoxy) is 1. The highest BCUT2D eigenvalue weighted by Gasteiger charge is 2.55. The van der Waals surface area contributed by atoms with E-state index in [0.717, 1.165) is 11.1 Å². The third kappa shape index (κ3) is 3.15. The Hall–Kier alpha value is -3.66. The molecule has 1 aliphatic heterocycles. The molecule has 0 aromatic heterocycles. The van der Waals surface area contributed by atoms with E-state index in [1.54, 1.807) is 19.2 Å². The average Bonchev–Trinajstić information content (AvgIpc) is 3.10. The monoisotopic (exact) mass is 409 g/mol. The first-order valence-electron chi connectivity index (χ1n) is 10.5. The van der Waals surface area contributed by atoms with E-state index in [-0.39, 0.29) is 23.7 Å². The van der Waals surface area contributed by atoms with Crippen molar-refractivity contribution in [1.29, 1.82) is 0 Å². The molecule has 1 aliphatic carbocycles. The van der Waals surface area contributed by atoms with Crippen LogP contribution >= 0.6 is 0 Å². The summed E-state index contributed by atoms with van der Waals surface area (Å²) in [5.74, 6) is -1.05. The molecule has 4 nitrogen and oxygen atoms in total. The van der Waals surface area contributed by atoms with Crippen LogP contribution in [-0.2, 0) is 9.59 Å². The highest BCUT2D eigenvalue weighted by Crippen LogP contribution is 2.51. The Bertz CT molecular complexity index is 1070. The van der Waals surface area contributed by atoms with Crippen LogP contribution in [0.5, 0.6) is 5.75 Å². The van der Waals surface area contributed by atoms with Gasteiger partial charge in [0.1, 0.15) is 5.75 Å². The Labute approximate surface area is 181 Å². The number of para-hydroxylation sites is 2. The number of rotatable bonds is 4. The molecule has 0 N–H and O–H groups in total. The van der Waals surface area contributed by atoms with E-state index in [0.29, 0.717) is 11.4 Å². The van der Waals surface area contributed by atoms with Crippen LogP contribution < -0.4 is 9.64 Å². The molecular weight excluding hydrogens is 386 g/mol. The summed E-state index contributed by atoms with van der Waals surface area (Å²) in [4.78, 5) is 28.9. The van der Waals surface area contributed by atoms with Gasteiger partial charge in [0.25, 0.3) is 0 Å². The summed E-state index contributed by atoms with van der Waals surface area (Å²) in [5, 5.41) is 0. The van der Waals surface area contributed by atoms with Crippen molar-refractivity contribution in [2.75, 3.05) is 12.0 Å². The first-order valence-corrected chi connectivity index (χ1v) is 10.5. The summed E-state index contributed by atoms with van der Waals surface area (Å²) in [6.45, 7) is 0. The number of anilines is 1. The molecule has 4 atom stereocenters. The molecule has 5 rings (SSSR count). The van der Waals surface area contributed by atoms with Gasteiger partial charge < -0.3 is 4.74 Å². The normalized spacial score (nSPS) is 24.9. The predicted molar refractivity (Wildman–Crippen MR) is 120 cm³/mol. The standard InChI is InChI=1S/C27H23NO3/c1-31-23-15-9-8-14-22(23)28-26(29)24-20(18-10-4-2-5-11-18)16-17-21(25(24)27(28)30)19-12-6-3-7-13-19/h2-17,20-21,24-25H,1H3/t20-,21+,24-,25+. The van der Waals surface area contributed by atoms with E-state index in [1.165, 1.54) is 4.90 Å². The second-order valence-corrected chi connectivity index (χ2v) is 7.99. The molecule has 2 aliphatic rings. The molecule has 0 saturated carbocycles. The van der Waals surface area contributed by atoms with Crippen molar-refractivity contribution < 1.29 is 14.3 Å². The SMILES string of the molecule is COc1ccccc1N1C(=O)[C@@H]2[C@H](C1=O)[C@@H](c1ccccc1)C=C[C@H]2c1ccccc1. The number of allylic oxidation sites excluding steroid dienone is 2. The third-order valence-electron chi connectivity index (χ3n) is 6.39. The van der Waals surface area contributed by atoms with Crippen LogP contribution in [0.1, 0.15) is 23.0 Å². The van der Waals surface area contributed by atoms with Gasteiger partial charge in [-0.25, -0.2) is 4.90 Å². The fourth-order valence-corrected chi connectivity index (χ4v) is 4.99. The van der Waals surface area contributed by atoms with Crippen molar-refractivity contribution in [3.63, 3.8) is 0 Å². The van der Waals surface area contributed by atoms with Crippen molar-refractivity contribution in [2.45, 2.75) is 11.8 Å². The number of carbonyl (C=O) groups is 2. The Morgan fingerprint density at radius 1 is 0.645 bits per heavy atom. The van der Waals surface area contributed by atoms with Crippen molar-refractivity contribution >= 4 is 17.5 Å². The lowest BCUT2D eigenvalue weighted by Gasteiger charge is -2.32. The molecule has 0 unspecified atom stereocenters. The lowest BCUT2D eigenvalue weighted by molar-refractivity contribution is -0.122. The molecule has 2 amide bonds. The molecule has 1 heterocycles. The lowest BCUT2D eigenvalue weighted by atomic mass is 9.68. The molecule has 1 saturated heterocycles. The fraction of sp³-hybridized carbons (Fsp3) is 0.185. The molecule has 0 spiro atoms. The quantitative estimate of drug-likeness (QED) is 0.453. The number of carbonyl (C=O) groups excluding carboxylic acids is 2. The summed E-state index contributed by atoms with van der Waals surface area (Å²) < 4.78 is 5.47. The maximum absolute atomic E-state index is 13.8. The number of imide groups is 1. The minimum absolute atomic E-state index is 0.151. The van der Waals surface area contributed by atoms with Crippen LogP contribution in [0.2, 0.25) is 0 Å². The predicted octanol–water partition coefficient (Wildman–Crippen LogP) is 4.94. The number of nitrogens with zero attached hydrogens (tertiary/aromatic N) is 1. The first-order chi connectivity index (χ1) is 15.2. The smallest absolute Gasteiger partial charge is 0.238 e. The number of methoxy groups -OCH3 is 1. The Balaban J connectivity index is 1.65. The van der Waals surface area contributed by atoms with Crippen LogP contribution in [0.3, 0.4) is 0 Å².